The summed E-state index contributed by atoms with van der Waals surface area (Å²) in [5.41, 5.74) is 1.42. The third-order valence-corrected chi connectivity index (χ3v) is 6.66. The molecule has 0 unspecified atom stereocenters. The fourth-order valence-corrected chi connectivity index (χ4v) is 4.84. The number of ether oxygens (including phenoxy) is 1. The molecule has 4 heteroatoms. The summed E-state index contributed by atoms with van der Waals surface area (Å²) in [5.74, 6) is 1.87. The molecule has 1 heterocycles. The second-order valence-electron chi connectivity index (χ2n) is 8.94. The number of hydrogen-bond donors (Lipinski definition) is 0. The van der Waals surface area contributed by atoms with E-state index in [0.717, 1.165) is 18.2 Å². The number of methoxy groups -OCH3 is 1. The normalized spacial score (nSPS) is 20.3. The van der Waals surface area contributed by atoms with Gasteiger partial charge in [0.25, 0.3) is 0 Å². The Morgan fingerprint density at radius 3 is 2.22 bits per heavy atom. The van der Waals surface area contributed by atoms with Gasteiger partial charge in [-0.15, -0.1) is 0 Å². The molecule has 1 aliphatic carbocycles. The van der Waals surface area contributed by atoms with Crippen molar-refractivity contribution in [2.45, 2.75) is 57.9 Å². The number of likely N-dealkylation sites (N-methyl/N-ethyl adjacent to an activating group) is 1. The number of quaternary nitrogens is 1. The number of likely N-dealkylation sites (tertiary alicyclic amines) is 1. The minimum atomic E-state index is 0. The van der Waals surface area contributed by atoms with E-state index >= 15 is 0 Å². The summed E-state index contributed by atoms with van der Waals surface area (Å²) in [6.45, 7) is 7.66. The van der Waals surface area contributed by atoms with E-state index in [1.165, 1.54) is 94.1 Å². The molecule has 0 aromatic heterocycles. The molecule has 1 aliphatic heterocycles. The first-order valence-electron chi connectivity index (χ1n) is 10.9. The Kier molecular flexibility index (Phi) is 9.61. The molecule has 1 saturated carbocycles. The highest BCUT2D eigenvalue weighted by atomic mass is 79.9. The van der Waals surface area contributed by atoms with Crippen LogP contribution in [0.4, 0.5) is 0 Å². The minimum absolute atomic E-state index is 0. The van der Waals surface area contributed by atoms with Gasteiger partial charge in [-0.1, -0.05) is 31.4 Å². The third-order valence-electron chi connectivity index (χ3n) is 6.66. The molecule has 27 heavy (non-hydrogen) atoms. The van der Waals surface area contributed by atoms with E-state index in [1.54, 1.807) is 7.11 Å². The molecule has 0 spiro atoms. The van der Waals surface area contributed by atoms with Crippen LogP contribution in [0.3, 0.4) is 0 Å². The van der Waals surface area contributed by atoms with Crippen LogP contribution < -0.4 is 21.7 Å². The van der Waals surface area contributed by atoms with Crippen molar-refractivity contribution in [2.75, 3.05) is 46.9 Å². The van der Waals surface area contributed by atoms with Gasteiger partial charge in [0.05, 0.1) is 33.8 Å². The first-order valence-corrected chi connectivity index (χ1v) is 10.9. The molecule has 3 rings (SSSR count). The van der Waals surface area contributed by atoms with Gasteiger partial charge in [-0.3, -0.25) is 4.90 Å². The number of halogens is 1. The molecule has 1 aromatic rings. The van der Waals surface area contributed by atoms with Gasteiger partial charge in [0.2, 0.25) is 0 Å². The second-order valence-corrected chi connectivity index (χ2v) is 8.94. The molecule has 0 bridgehead atoms. The maximum atomic E-state index is 5.32. The van der Waals surface area contributed by atoms with Crippen molar-refractivity contribution >= 4 is 0 Å². The highest BCUT2D eigenvalue weighted by molar-refractivity contribution is 5.27. The quantitative estimate of drug-likeness (QED) is 0.572. The van der Waals surface area contributed by atoms with Crippen molar-refractivity contribution in [1.29, 1.82) is 0 Å². The molecule has 1 aromatic carbocycles. The summed E-state index contributed by atoms with van der Waals surface area (Å²) in [5, 5.41) is 0. The Morgan fingerprint density at radius 1 is 0.963 bits per heavy atom. The Hall–Kier alpha value is -0.580. The predicted octanol–water partition coefficient (Wildman–Crippen LogP) is 1.71. The topological polar surface area (TPSA) is 12.5 Å². The highest BCUT2D eigenvalue weighted by Gasteiger charge is 2.26. The molecule has 3 nitrogen and oxygen atoms in total. The standard InChI is InChI=1S/C23H39N2O.BrH/c1-25(16-7-4-8-17-25)18-15-24(19-21-9-5-3-6-10-21)20-22-11-13-23(26-2)14-12-22;/h11-14,21H,3-10,15-20H2,1-2H3;1H/q+1;/p-1. The first-order chi connectivity index (χ1) is 12.7. The van der Waals surface area contributed by atoms with Crippen LogP contribution >= 0.6 is 0 Å². The van der Waals surface area contributed by atoms with Gasteiger partial charge in [0, 0.05) is 19.6 Å². The van der Waals surface area contributed by atoms with Crippen molar-refractivity contribution < 1.29 is 26.2 Å². The molecule has 2 aliphatic rings. The summed E-state index contributed by atoms with van der Waals surface area (Å²) >= 11 is 0. The van der Waals surface area contributed by atoms with E-state index in [0.29, 0.717) is 0 Å². The van der Waals surface area contributed by atoms with Crippen LogP contribution in [-0.2, 0) is 6.54 Å². The van der Waals surface area contributed by atoms with Gasteiger partial charge in [-0.05, 0) is 55.7 Å². The van der Waals surface area contributed by atoms with E-state index in [4.69, 9.17) is 4.74 Å². The fraction of sp³-hybridized carbons (Fsp3) is 0.739. The zero-order valence-corrected chi connectivity index (χ0v) is 19.1. The molecular weight excluding hydrogens is 400 g/mol. The van der Waals surface area contributed by atoms with Gasteiger partial charge in [-0.2, -0.15) is 0 Å². The maximum Gasteiger partial charge on any atom is 0.118 e. The molecule has 0 atom stereocenters. The lowest BCUT2D eigenvalue weighted by Gasteiger charge is -2.40. The SMILES string of the molecule is COc1ccc(CN(CC[N+]2(C)CCCCC2)CC2CCCCC2)cc1.[Br-]. The smallest absolute Gasteiger partial charge is 0.118 e. The first kappa shape index (κ1) is 22.7. The van der Waals surface area contributed by atoms with Gasteiger partial charge in [0.15, 0.2) is 0 Å². The van der Waals surface area contributed by atoms with Crippen molar-refractivity contribution in [3.05, 3.63) is 29.8 Å². The van der Waals surface area contributed by atoms with Crippen molar-refractivity contribution in [1.82, 2.24) is 4.90 Å². The van der Waals surface area contributed by atoms with Crippen LogP contribution in [0.1, 0.15) is 56.9 Å². The predicted molar refractivity (Wildman–Crippen MR) is 109 cm³/mol. The molecular formula is C23H39BrN2O. The van der Waals surface area contributed by atoms with Crippen molar-refractivity contribution in [2.24, 2.45) is 5.92 Å². The van der Waals surface area contributed by atoms with Crippen LogP contribution in [0.2, 0.25) is 0 Å². The Balaban J connectivity index is 0.00000261. The lowest BCUT2D eigenvalue weighted by molar-refractivity contribution is -0.913. The number of rotatable bonds is 8. The van der Waals surface area contributed by atoms with Gasteiger partial charge < -0.3 is 26.2 Å². The van der Waals surface area contributed by atoms with Crippen LogP contribution in [0.25, 0.3) is 0 Å². The summed E-state index contributed by atoms with van der Waals surface area (Å²) in [4.78, 5) is 2.75. The number of hydrogen-bond acceptors (Lipinski definition) is 2. The van der Waals surface area contributed by atoms with E-state index in [-0.39, 0.29) is 17.0 Å². The average molecular weight is 439 g/mol. The van der Waals surface area contributed by atoms with Crippen LogP contribution in [0.15, 0.2) is 24.3 Å². The average Bonchev–Trinajstić information content (AvgIpc) is 2.68. The van der Waals surface area contributed by atoms with Gasteiger partial charge in [0.1, 0.15) is 5.75 Å². The van der Waals surface area contributed by atoms with E-state index in [9.17, 15) is 0 Å². The number of nitrogens with zero attached hydrogens (tertiary/aromatic N) is 2. The lowest BCUT2D eigenvalue weighted by atomic mass is 9.89. The zero-order valence-electron chi connectivity index (χ0n) is 17.5. The van der Waals surface area contributed by atoms with Gasteiger partial charge in [-0.25, -0.2) is 0 Å². The lowest BCUT2D eigenvalue weighted by Crippen LogP contribution is -3.00. The van der Waals surface area contributed by atoms with Crippen LogP contribution in [-0.4, -0.2) is 56.3 Å². The van der Waals surface area contributed by atoms with E-state index in [1.807, 2.05) is 0 Å². The van der Waals surface area contributed by atoms with E-state index in [2.05, 4.69) is 36.2 Å². The summed E-state index contributed by atoms with van der Waals surface area (Å²) in [6.07, 6.45) is 11.5. The zero-order chi connectivity index (χ0) is 18.2. The highest BCUT2D eigenvalue weighted by Crippen LogP contribution is 2.25. The summed E-state index contributed by atoms with van der Waals surface area (Å²) in [7, 11) is 4.22. The molecule has 0 N–H and O–H groups in total. The molecule has 154 valence electrons. The molecule has 0 radical (unpaired) electrons. The van der Waals surface area contributed by atoms with Gasteiger partial charge >= 0.3 is 0 Å². The van der Waals surface area contributed by atoms with Crippen molar-refractivity contribution in [3.63, 3.8) is 0 Å². The Labute approximate surface area is 177 Å². The Morgan fingerprint density at radius 2 is 1.59 bits per heavy atom. The van der Waals surface area contributed by atoms with Crippen LogP contribution in [0, 0.1) is 5.92 Å². The molecule has 1 saturated heterocycles. The molecule has 2 fully saturated rings. The fourth-order valence-electron chi connectivity index (χ4n) is 4.84. The maximum absolute atomic E-state index is 5.32. The summed E-state index contributed by atoms with van der Waals surface area (Å²) in [6, 6.07) is 8.69. The van der Waals surface area contributed by atoms with E-state index < -0.39 is 0 Å². The Bertz CT molecular complexity index is 522. The monoisotopic (exact) mass is 438 g/mol. The number of piperidine rings is 1. The van der Waals surface area contributed by atoms with Crippen molar-refractivity contribution in [3.8, 4) is 5.75 Å². The third kappa shape index (κ3) is 7.40. The second kappa shape index (κ2) is 11.4. The minimum Gasteiger partial charge on any atom is -1.00 e. The number of benzene rings is 1. The summed E-state index contributed by atoms with van der Waals surface area (Å²) < 4.78 is 6.60. The largest absolute Gasteiger partial charge is 1.00 e. The van der Waals surface area contributed by atoms with Crippen LogP contribution in [0.5, 0.6) is 5.75 Å². The molecule has 0 amide bonds.